The van der Waals surface area contributed by atoms with Crippen LogP contribution in [0.1, 0.15) is 25.8 Å². The number of carbonyl (C=O) groups excluding carboxylic acids is 1. The van der Waals surface area contributed by atoms with Crippen LogP contribution in [0, 0.1) is 0 Å². The molecule has 0 aromatic heterocycles. The number of rotatable bonds is 5. The molecule has 0 aliphatic carbocycles. The minimum Gasteiger partial charge on any atom is -0.465 e. The number of ether oxygens (including phenoxy) is 1. The smallest absolute Gasteiger partial charge is 0.347 e. The van der Waals surface area contributed by atoms with Crippen molar-refractivity contribution in [2.24, 2.45) is 0 Å². The fourth-order valence-corrected chi connectivity index (χ4v) is 3.12. The minimum absolute atomic E-state index is 0.0277. The first-order chi connectivity index (χ1) is 8.40. The first-order valence-electron chi connectivity index (χ1n) is 5.68. The van der Waals surface area contributed by atoms with Crippen molar-refractivity contribution in [1.82, 2.24) is 0 Å². The lowest BCUT2D eigenvalue weighted by atomic mass is 9.95. The molecule has 1 rings (SSSR count). The lowest BCUT2D eigenvalue weighted by Gasteiger charge is -2.31. The molecule has 0 fully saturated rings. The second-order valence-electron chi connectivity index (χ2n) is 3.84. The van der Waals surface area contributed by atoms with Crippen molar-refractivity contribution in [1.29, 1.82) is 0 Å². The number of benzene rings is 1. The van der Waals surface area contributed by atoms with E-state index in [4.69, 9.17) is 4.74 Å². The van der Waals surface area contributed by atoms with Crippen molar-refractivity contribution in [3.8, 4) is 0 Å². The third-order valence-corrected chi connectivity index (χ3v) is 4.62. The van der Waals surface area contributed by atoms with Crippen molar-refractivity contribution >= 4 is 13.6 Å². The highest BCUT2D eigenvalue weighted by Gasteiger charge is 2.54. The molecule has 0 heterocycles. The van der Waals surface area contributed by atoms with Gasteiger partial charge in [-0.25, -0.2) is 0 Å². The maximum absolute atomic E-state index is 12.0. The largest absolute Gasteiger partial charge is 0.465 e. The molecular formula is C12H17O5P. The van der Waals surface area contributed by atoms with Gasteiger partial charge in [-0.15, -0.1) is 0 Å². The lowest BCUT2D eigenvalue weighted by molar-refractivity contribution is -0.147. The van der Waals surface area contributed by atoms with E-state index in [0.29, 0.717) is 0 Å². The average molecular weight is 272 g/mol. The van der Waals surface area contributed by atoms with Gasteiger partial charge in [-0.1, -0.05) is 37.3 Å². The van der Waals surface area contributed by atoms with Gasteiger partial charge in [0.2, 0.25) is 0 Å². The van der Waals surface area contributed by atoms with Crippen LogP contribution in [0.4, 0.5) is 0 Å². The van der Waals surface area contributed by atoms with E-state index in [2.05, 4.69) is 0 Å². The molecule has 5 nitrogen and oxygen atoms in total. The Balaban J connectivity index is 3.42. The quantitative estimate of drug-likeness (QED) is 0.633. The van der Waals surface area contributed by atoms with Crippen molar-refractivity contribution in [2.45, 2.75) is 25.4 Å². The average Bonchev–Trinajstić information content (AvgIpc) is 2.30. The van der Waals surface area contributed by atoms with Crippen LogP contribution in [0.2, 0.25) is 0 Å². The van der Waals surface area contributed by atoms with Gasteiger partial charge >= 0.3 is 13.6 Å². The minimum atomic E-state index is -4.69. The summed E-state index contributed by atoms with van der Waals surface area (Å²) in [6.45, 7) is 3.24. The molecule has 1 atom stereocenters. The molecule has 0 saturated carbocycles. The van der Waals surface area contributed by atoms with Crippen LogP contribution in [0.5, 0.6) is 0 Å². The van der Waals surface area contributed by atoms with E-state index in [1.165, 1.54) is 12.1 Å². The third-order valence-electron chi connectivity index (χ3n) is 2.87. The first kappa shape index (κ1) is 14.9. The zero-order chi connectivity index (χ0) is 13.8. The van der Waals surface area contributed by atoms with E-state index in [1.807, 2.05) is 0 Å². The molecule has 18 heavy (non-hydrogen) atoms. The summed E-state index contributed by atoms with van der Waals surface area (Å²) in [6, 6.07) is 8.04. The van der Waals surface area contributed by atoms with Crippen LogP contribution in [-0.4, -0.2) is 22.4 Å². The number of esters is 1. The molecule has 1 aromatic rings. The van der Waals surface area contributed by atoms with Crippen LogP contribution >= 0.6 is 7.60 Å². The molecule has 1 unspecified atom stereocenters. The Morgan fingerprint density at radius 3 is 2.22 bits per heavy atom. The number of hydrogen-bond donors (Lipinski definition) is 2. The lowest BCUT2D eigenvalue weighted by Crippen LogP contribution is -2.36. The van der Waals surface area contributed by atoms with Crippen molar-refractivity contribution in [2.75, 3.05) is 6.61 Å². The second kappa shape index (κ2) is 5.65. The summed E-state index contributed by atoms with van der Waals surface area (Å²) in [6.07, 6.45) is -0.0277. The second-order valence-corrected chi connectivity index (χ2v) is 5.70. The molecule has 0 amide bonds. The summed E-state index contributed by atoms with van der Waals surface area (Å²) in [4.78, 5) is 31.2. The van der Waals surface area contributed by atoms with Crippen LogP contribution in [0.3, 0.4) is 0 Å². The molecule has 0 bridgehead atoms. The van der Waals surface area contributed by atoms with Crippen molar-refractivity contribution < 1.29 is 23.9 Å². The predicted molar refractivity (Wildman–Crippen MR) is 67.1 cm³/mol. The first-order valence-corrected chi connectivity index (χ1v) is 7.29. The van der Waals surface area contributed by atoms with Gasteiger partial charge in [0.15, 0.2) is 5.16 Å². The van der Waals surface area contributed by atoms with E-state index in [9.17, 15) is 19.1 Å². The molecule has 100 valence electrons. The Morgan fingerprint density at radius 1 is 1.28 bits per heavy atom. The summed E-state index contributed by atoms with van der Waals surface area (Å²) < 4.78 is 16.6. The van der Waals surface area contributed by atoms with Crippen LogP contribution in [-0.2, 0) is 19.3 Å². The third kappa shape index (κ3) is 2.48. The molecule has 0 saturated heterocycles. The SMILES string of the molecule is CCOC(=O)C(CC)(c1ccccc1)P(=O)(O)O. The molecule has 0 aliphatic heterocycles. The van der Waals surface area contributed by atoms with Gasteiger partial charge in [0.05, 0.1) is 6.61 Å². The van der Waals surface area contributed by atoms with E-state index < -0.39 is 18.7 Å². The van der Waals surface area contributed by atoms with E-state index in [1.54, 1.807) is 32.0 Å². The highest BCUT2D eigenvalue weighted by Crippen LogP contribution is 2.59. The number of hydrogen-bond acceptors (Lipinski definition) is 3. The fourth-order valence-electron chi connectivity index (χ4n) is 1.92. The van der Waals surface area contributed by atoms with Crippen LogP contribution in [0.15, 0.2) is 30.3 Å². The summed E-state index contributed by atoms with van der Waals surface area (Å²) in [5.74, 6) is -0.882. The highest BCUT2D eigenvalue weighted by atomic mass is 31.2. The number of carbonyl (C=O) groups is 1. The standard InChI is InChI=1S/C12H17O5P/c1-3-12(18(14,15)16,11(13)17-4-2)10-8-6-5-7-9-10/h5-9H,3-4H2,1-2H3,(H2,14,15,16). The summed E-state index contributed by atoms with van der Waals surface area (Å²) in [7, 11) is -4.69. The molecule has 6 heteroatoms. The van der Waals surface area contributed by atoms with Crippen LogP contribution in [0.25, 0.3) is 0 Å². The Labute approximate surface area is 106 Å². The van der Waals surface area contributed by atoms with Gasteiger partial charge < -0.3 is 14.5 Å². The van der Waals surface area contributed by atoms with Gasteiger partial charge in [0.25, 0.3) is 0 Å². The molecule has 0 aliphatic rings. The zero-order valence-electron chi connectivity index (χ0n) is 10.4. The maximum Gasteiger partial charge on any atom is 0.347 e. The molecular weight excluding hydrogens is 255 g/mol. The van der Waals surface area contributed by atoms with Gasteiger partial charge in [0, 0.05) is 0 Å². The Kier molecular flexibility index (Phi) is 4.68. The highest BCUT2D eigenvalue weighted by molar-refractivity contribution is 7.54. The Bertz CT molecular complexity index is 453. The Morgan fingerprint density at radius 2 is 1.83 bits per heavy atom. The maximum atomic E-state index is 12.0. The molecule has 0 spiro atoms. The Hall–Kier alpha value is -1.16. The van der Waals surface area contributed by atoms with Crippen LogP contribution < -0.4 is 0 Å². The predicted octanol–water partition coefficient (Wildman–Crippen LogP) is 2.03. The summed E-state index contributed by atoms with van der Waals surface area (Å²) in [5, 5.41) is -1.91. The molecule has 1 aromatic carbocycles. The molecule has 0 radical (unpaired) electrons. The molecule has 2 N–H and O–H groups in total. The monoisotopic (exact) mass is 272 g/mol. The normalized spacial score (nSPS) is 14.9. The fraction of sp³-hybridized carbons (Fsp3) is 0.417. The summed E-state index contributed by atoms with van der Waals surface area (Å²) in [5.41, 5.74) is 0.277. The van der Waals surface area contributed by atoms with Crippen molar-refractivity contribution in [3.63, 3.8) is 0 Å². The van der Waals surface area contributed by atoms with Gasteiger partial charge in [-0.2, -0.15) is 0 Å². The van der Waals surface area contributed by atoms with Gasteiger partial charge in [0.1, 0.15) is 0 Å². The zero-order valence-corrected chi connectivity index (χ0v) is 11.3. The van der Waals surface area contributed by atoms with Gasteiger partial charge in [-0.05, 0) is 18.9 Å². The van der Waals surface area contributed by atoms with Crippen molar-refractivity contribution in [3.05, 3.63) is 35.9 Å². The van der Waals surface area contributed by atoms with Gasteiger partial charge in [-0.3, -0.25) is 9.36 Å². The topological polar surface area (TPSA) is 83.8 Å². The van der Waals surface area contributed by atoms with E-state index in [0.717, 1.165) is 0 Å². The van der Waals surface area contributed by atoms with E-state index in [-0.39, 0.29) is 18.6 Å². The van der Waals surface area contributed by atoms with E-state index >= 15 is 0 Å². The summed E-state index contributed by atoms with van der Waals surface area (Å²) >= 11 is 0.